The van der Waals surface area contributed by atoms with Crippen LogP contribution in [0.3, 0.4) is 0 Å². The third kappa shape index (κ3) is 1.60. The predicted molar refractivity (Wildman–Crippen MR) is 45.1 cm³/mol. The zero-order valence-corrected chi connectivity index (χ0v) is 6.84. The quantitative estimate of drug-likeness (QED) is 0.529. The van der Waals surface area contributed by atoms with Gasteiger partial charge in [0.25, 0.3) is 0 Å². The Morgan fingerprint density at radius 2 is 2.40 bits per heavy atom. The van der Waals surface area contributed by atoms with Gasteiger partial charge in [-0.3, -0.25) is 4.90 Å². The lowest BCUT2D eigenvalue weighted by Crippen LogP contribution is -2.37. The van der Waals surface area contributed by atoms with E-state index in [0.29, 0.717) is 6.04 Å². The maximum atomic E-state index is 3.84. The lowest BCUT2D eigenvalue weighted by molar-refractivity contribution is 0.189. The summed E-state index contributed by atoms with van der Waals surface area (Å²) in [5.41, 5.74) is 0. The molecule has 1 saturated heterocycles. The SMILES string of the molecule is C=CC1CCCCN1CC. The highest BCUT2D eigenvalue weighted by molar-refractivity contribution is 4.89. The topological polar surface area (TPSA) is 3.24 Å². The highest BCUT2D eigenvalue weighted by atomic mass is 15.1. The van der Waals surface area contributed by atoms with E-state index >= 15 is 0 Å². The van der Waals surface area contributed by atoms with Gasteiger partial charge in [0.1, 0.15) is 0 Å². The minimum absolute atomic E-state index is 0.666. The molecule has 0 aliphatic carbocycles. The molecule has 0 aromatic rings. The van der Waals surface area contributed by atoms with Crippen molar-refractivity contribution >= 4 is 0 Å². The van der Waals surface area contributed by atoms with E-state index in [2.05, 4.69) is 24.5 Å². The number of nitrogens with zero attached hydrogens (tertiary/aromatic N) is 1. The van der Waals surface area contributed by atoms with Gasteiger partial charge in [-0.1, -0.05) is 19.4 Å². The van der Waals surface area contributed by atoms with Gasteiger partial charge in [0, 0.05) is 6.04 Å². The van der Waals surface area contributed by atoms with Gasteiger partial charge in [0.15, 0.2) is 0 Å². The average molecular weight is 139 g/mol. The third-order valence-electron chi connectivity index (χ3n) is 2.34. The summed E-state index contributed by atoms with van der Waals surface area (Å²) in [6.45, 7) is 8.51. The largest absolute Gasteiger partial charge is 0.297 e. The van der Waals surface area contributed by atoms with E-state index in [1.807, 2.05) is 0 Å². The van der Waals surface area contributed by atoms with Gasteiger partial charge in [-0.05, 0) is 25.9 Å². The zero-order valence-electron chi connectivity index (χ0n) is 6.84. The molecular weight excluding hydrogens is 122 g/mol. The molecule has 1 atom stereocenters. The molecule has 0 saturated carbocycles. The molecule has 10 heavy (non-hydrogen) atoms. The van der Waals surface area contributed by atoms with Gasteiger partial charge >= 0.3 is 0 Å². The first-order valence-corrected chi connectivity index (χ1v) is 4.25. The lowest BCUT2D eigenvalue weighted by atomic mass is 10.0. The van der Waals surface area contributed by atoms with E-state index in [9.17, 15) is 0 Å². The maximum Gasteiger partial charge on any atom is 0.0275 e. The molecule has 1 rings (SSSR count). The molecule has 0 amide bonds. The van der Waals surface area contributed by atoms with Crippen LogP contribution in [0.15, 0.2) is 12.7 Å². The minimum atomic E-state index is 0.666. The minimum Gasteiger partial charge on any atom is -0.297 e. The fourth-order valence-corrected chi connectivity index (χ4v) is 1.68. The van der Waals surface area contributed by atoms with Crippen LogP contribution >= 0.6 is 0 Å². The van der Waals surface area contributed by atoms with Gasteiger partial charge in [0.2, 0.25) is 0 Å². The summed E-state index contributed by atoms with van der Waals surface area (Å²) in [7, 11) is 0. The van der Waals surface area contributed by atoms with E-state index in [1.165, 1.54) is 32.4 Å². The summed E-state index contributed by atoms with van der Waals surface area (Å²) in [6.07, 6.45) is 6.16. The molecule has 1 nitrogen and oxygen atoms in total. The smallest absolute Gasteiger partial charge is 0.0275 e. The molecule has 58 valence electrons. The second kappa shape index (κ2) is 3.77. The second-order valence-electron chi connectivity index (χ2n) is 2.93. The van der Waals surface area contributed by atoms with Gasteiger partial charge in [-0.25, -0.2) is 0 Å². The van der Waals surface area contributed by atoms with E-state index in [1.54, 1.807) is 0 Å². The first-order chi connectivity index (χ1) is 4.88. The van der Waals surface area contributed by atoms with E-state index in [0.717, 1.165) is 0 Å². The molecule has 1 aliphatic heterocycles. The van der Waals surface area contributed by atoms with Crippen molar-refractivity contribution in [2.24, 2.45) is 0 Å². The fraction of sp³-hybridized carbons (Fsp3) is 0.778. The summed E-state index contributed by atoms with van der Waals surface area (Å²) in [6, 6.07) is 0.666. The number of piperidine rings is 1. The summed E-state index contributed by atoms with van der Waals surface area (Å²) in [4.78, 5) is 2.50. The Morgan fingerprint density at radius 3 is 2.90 bits per heavy atom. The molecule has 1 fully saturated rings. The van der Waals surface area contributed by atoms with Crippen LogP contribution in [0.4, 0.5) is 0 Å². The van der Waals surface area contributed by atoms with Crippen molar-refractivity contribution in [3.8, 4) is 0 Å². The van der Waals surface area contributed by atoms with E-state index < -0.39 is 0 Å². The van der Waals surface area contributed by atoms with Crippen LogP contribution in [-0.4, -0.2) is 24.0 Å². The van der Waals surface area contributed by atoms with E-state index in [-0.39, 0.29) is 0 Å². The Morgan fingerprint density at radius 1 is 1.60 bits per heavy atom. The molecule has 0 aromatic heterocycles. The molecule has 0 aromatic carbocycles. The molecule has 1 heteroatoms. The third-order valence-corrected chi connectivity index (χ3v) is 2.34. The first-order valence-electron chi connectivity index (χ1n) is 4.25. The van der Waals surface area contributed by atoms with Crippen molar-refractivity contribution in [1.29, 1.82) is 0 Å². The fourth-order valence-electron chi connectivity index (χ4n) is 1.68. The summed E-state index contributed by atoms with van der Waals surface area (Å²) < 4.78 is 0. The second-order valence-corrected chi connectivity index (χ2v) is 2.93. The average Bonchev–Trinajstić information content (AvgIpc) is 2.04. The summed E-state index contributed by atoms with van der Waals surface area (Å²) >= 11 is 0. The van der Waals surface area contributed by atoms with Crippen LogP contribution in [0, 0.1) is 0 Å². The highest BCUT2D eigenvalue weighted by Gasteiger charge is 2.16. The first kappa shape index (κ1) is 7.80. The molecule has 1 heterocycles. The van der Waals surface area contributed by atoms with Crippen molar-refractivity contribution < 1.29 is 0 Å². The monoisotopic (exact) mass is 139 g/mol. The highest BCUT2D eigenvalue weighted by Crippen LogP contribution is 2.16. The predicted octanol–water partition coefficient (Wildman–Crippen LogP) is 2.05. The Bertz CT molecular complexity index is 109. The molecular formula is C9H17N. The molecule has 0 N–H and O–H groups in total. The van der Waals surface area contributed by atoms with E-state index in [4.69, 9.17) is 0 Å². The molecule has 0 spiro atoms. The standard InChI is InChI=1S/C9H17N/c1-3-9-7-5-6-8-10(9)4-2/h3,9H,1,4-8H2,2H3. The summed E-state index contributed by atoms with van der Waals surface area (Å²) in [5, 5.41) is 0. The van der Waals surface area contributed by atoms with Crippen LogP contribution < -0.4 is 0 Å². The van der Waals surface area contributed by atoms with Crippen LogP contribution in [0.5, 0.6) is 0 Å². The maximum absolute atomic E-state index is 3.84. The number of rotatable bonds is 2. The number of likely N-dealkylation sites (N-methyl/N-ethyl adjacent to an activating group) is 1. The van der Waals surface area contributed by atoms with Crippen molar-refractivity contribution in [2.45, 2.75) is 32.2 Å². The normalized spacial score (nSPS) is 28.3. The van der Waals surface area contributed by atoms with Crippen molar-refractivity contribution in [1.82, 2.24) is 4.90 Å². The van der Waals surface area contributed by atoms with Crippen LogP contribution in [0.25, 0.3) is 0 Å². The molecule has 1 unspecified atom stereocenters. The van der Waals surface area contributed by atoms with Crippen LogP contribution in [-0.2, 0) is 0 Å². The van der Waals surface area contributed by atoms with Gasteiger partial charge < -0.3 is 0 Å². The number of hydrogen-bond donors (Lipinski definition) is 0. The molecule has 0 radical (unpaired) electrons. The Balaban J connectivity index is 2.41. The Kier molecular flexibility index (Phi) is 2.94. The number of hydrogen-bond acceptors (Lipinski definition) is 1. The zero-order chi connectivity index (χ0) is 7.40. The van der Waals surface area contributed by atoms with Crippen LogP contribution in [0.1, 0.15) is 26.2 Å². The lowest BCUT2D eigenvalue weighted by Gasteiger charge is -2.32. The van der Waals surface area contributed by atoms with Crippen LogP contribution in [0.2, 0.25) is 0 Å². The Labute approximate surface area is 63.7 Å². The van der Waals surface area contributed by atoms with Gasteiger partial charge in [-0.2, -0.15) is 0 Å². The van der Waals surface area contributed by atoms with Crippen molar-refractivity contribution in [3.05, 3.63) is 12.7 Å². The molecule has 0 bridgehead atoms. The molecule has 1 aliphatic rings. The van der Waals surface area contributed by atoms with Crippen molar-refractivity contribution in [3.63, 3.8) is 0 Å². The van der Waals surface area contributed by atoms with Crippen molar-refractivity contribution in [2.75, 3.05) is 13.1 Å². The van der Waals surface area contributed by atoms with Gasteiger partial charge in [0.05, 0.1) is 0 Å². The van der Waals surface area contributed by atoms with Gasteiger partial charge in [-0.15, -0.1) is 6.58 Å². The Hall–Kier alpha value is -0.300. The number of likely N-dealkylation sites (tertiary alicyclic amines) is 1. The summed E-state index contributed by atoms with van der Waals surface area (Å²) in [5.74, 6) is 0.